The average molecular weight is 322 g/mol. The molecule has 0 radical (unpaired) electrons. The van der Waals surface area contributed by atoms with Crippen LogP contribution in [0.1, 0.15) is 17.5 Å². The Kier molecular flexibility index (Phi) is 4.58. The van der Waals surface area contributed by atoms with Crippen molar-refractivity contribution >= 4 is 21.8 Å². The minimum atomic E-state index is 0.692. The molecule has 2 aromatic carbocycles. The molecule has 1 heterocycles. The molecule has 0 spiro atoms. The topological polar surface area (TPSA) is 46.5 Å². The van der Waals surface area contributed by atoms with Gasteiger partial charge in [0, 0.05) is 31.4 Å². The highest BCUT2D eigenvalue weighted by Crippen LogP contribution is 2.24. The molecule has 0 amide bonds. The van der Waals surface area contributed by atoms with Gasteiger partial charge in [-0.3, -0.25) is 0 Å². The lowest BCUT2D eigenvalue weighted by molar-refractivity contribution is 0.423. The van der Waals surface area contributed by atoms with Crippen LogP contribution in [0.3, 0.4) is 0 Å². The van der Waals surface area contributed by atoms with Crippen LogP contribution in [0.25, 0.3) is 21.8 Å². The number of hydrogen-bond acceptors (Lipinski definition) is 3. The molecular weight excluding hydrogens is 296 g/mol. The number of benzene rings is 2. The molecule has 0 fully saturated rings. The summed E-state index contributed by atoms with van der Waals surface area (Å²) < 4.78 is 2.41. The van der Waals surface area contributed by atoms with Gasteiger partial charge in [-0.15, -0.1) is 0 Å². The maximum absolute atomic E-state index is 5.79. The first kappa shape index (κ1) is 16.5. The molecule has 0 saturated heterocycles. The largest absolute Gasteiger partial charge is 0.340 e. The van der Waals surface area contributed by atoms with Crippen molar-refractivity contribution in [2.75, 3.05) is 20.6 Å². The van der Waals surface area contributed by atoms with Gasteiger partial charge in [0.05, 0.1) is 11.0 Å². The summed E-state index contributed by atoms with van der Waals surface area (Å²) in [4.78, 5) is 0. The van der Waals surface area contributed by atoms with Crippen molar-refractivity contribution in [3.8, 4) is 0 Å². The number of fused-ring (bicyclic) bond motifs is 2. The lowest BCUT2D eigenvalue weighted by Gasteiger charge is -2.19. The van der Waals surface area contributed by atoms with E-state index in [4.69, 9.17) is 10.8 Å². The Hall–Kier alpha value is -2.33. The number of pyridine rings is 1. The van der Waals surface area contributed by atoms with E-state index in [1.807, 2.05) is 19.1 Å². The molecule has 4 heteroatoms. The van der Waals surface area contributed by atoms with Gasteiger partial charge in [-0.2, -0.15) is 5.10 Å². The van der Waals surface area contributed by atoms with E-state index in [1.54, 1.807) is 0 Å². The predicted octanol–water partition coefficient (Wildman–Crippen LogP) is 3.14. The summed E-state index contributed by atoms with van der Waals surface area (Å²) >= 11 is 0. The summed E-state index contributed by atoms with van der Waals surface area (Å²) in [6.45, 7) is 5.97. The molecule has 0 atom stereocenters. The van der Waals surface area contributed by atoms with Gasteiger partial charge in [0.15, 0.2) is 0 Å². The predicted molar refractivity (Wildman–Crippen MR) is 102 cm³/mol. The zero-order valence-corrected chi connectivity index (χ0v) is 15.0. The van der Waals surface area contributed by atoms with Gasteiger partial charge in [-0.05, 0) is 44.0 Å². The first-order valence-electron chi connectivity index (χ1n) is 8.48. The molecule has 0 aliphatic carbocycles. The number of aromatic nitrogens is 1. The Labute approximate surface area is 143 Å². The number of nitrogens with zero attached hydrogens (tertiary/aromatic N) is 3. The van der Waals surface area contributed by atoms with Crippen LogP contribution < -0.4 is 11.1 Å². The van der Waals surface area contributed by atoms with Gasteiger partial charge in [0.2, 0.25) is 0 Å². The quantitative estimate of drug-likeness (QED) is 0.592. The van der Waals surface area contributed by atoms with Gasteiger partial charge in [0.25, 0.3) is 0 Å². The monoisotopic (exact) mass is 322 g/mol. The molecular formula is C20H26N4. The zero-order chi connectivity index (χ0) is 17.3. The Morgan fingerprint density at radius 1 is 1.04 bits per heavy atom. The first-order chi connectivity index (χ1) is 11.5. The fourth-order valence-electron chi connectivity index (χ4n) is 3.30. The molecule has 0 bridgehead atoms. The van der Waals surface area contributed by atoms with E-state index in [-0.39, 0.29) is 0 Å². The second kappa shape index (κ2) is 6.65. The third-order valence-corrected chi connectivity index (χ3v) is 4.56. The van der Waals surface area contributed by atoms with Crippen molar-refractivity contribution in [3.05, 3.63) is 52.9 Å². The second-order valence-corrected chi connectivity index (χ2v) is 6.51. The SMILES string of the molecule is Cc1ccc2/c(=N\N(C)C)c3ccccc3n(CCCN)c2c1C. The molecule has 0 unspecified atom stereocenters. The smallest absolute Gasteiger partial charge is 0.102 e. The Morgan fingerprint density at radius 2 is 1.79 bits per heavy atom. The number of aryl methyl sites for hydroxylation is 3. The lowest BCUT2D eigenvalue weighted by Crippen LogP contribution is -2.19. The molecule has 1 aromatic heterocycles. The Balaban J connectivity index is 2.57. The highest BCUT2D eigenvalue weighted by atomic mass is 15.4. The van der Waals surface area contributed by atoms with Crippen molar-refractivity contribution in [2.45, 2.75) is 26.8 Å². The van der Waals surface area contributed by atoms with Gasteiger partial charge < -0.3 is 15.3 Å². The van der Waals surface area contributed by atoms with E-state index >= 15 is 0 Å². The van der Waals surface area contributed by atoms with Gasteiger partial charge in [-0.25, -0.2) is 0 Å². The molecule has 3 rings (SSSR count). The van der Waals surface area contributed by atoms with Crippen LogP contribution >= 0.6 is 0 Å². The van der Waals surface area contributed by atoms with Crippen LogP contribution in [0.5, 0.6) is 0 Å². The van der Waals surface area contributed by atoms with Gasteiger partial charge >= 0.3 is 0 Å². The summed E-state index contributed by atoms with van der Waals surface area (Å²) in [5, 5.41) is 10.1. The van der Waals surface area contributed by atoms with Crippen molar-refractivity contribution in [1.29, 1.82) is 0 Å². The van der Waals surface area contributed by atoms with E-state index in [2.05, 4.69) is 54.8 Å². The van der Waals surface area contributed by atoms with E-state index in [1.165, 1.54) is 32.9 Å². The third-order valence-electron chi connectivity index (χ3n) is 4.56. The fraction of sp³-hybridized carbons (Fsp3) is 0.350. The molecule has 0 aliphatic rings. The van der Waals surface area contributed by atoms with Crippen LogP contribution in [-0.2, 0) is 6.54 Å². The standard InChI is InChI=1S/C20H26N4/c1-14-10-11-17-19(22-23(3)4)16-8-5-6-9-18(16)24(13-7-12-21)20(17)15(14)2/h5-6,8-11H,7,12-13,21H2,1-4H3/b22-19-. The van der Waals surface area contributed by atoms with Crippen LogP contribution in [0.4, 0.5) is 0 Å². The van der Waals surface area contributed by atoms with E-state index in [0.29, 0.717) is 6.54 Å². The molecule has 24 heavy (non-hydrogen) atoms. The van der Waals surface area contributed by atoms with Crippen molar-refractivity contribution in [1.82, 2.24) is 9.58 Å². The van der Waals surface area contributed by atoms with E-state index in [0.717, 1.165) is 18.3 Å². The van der Waals surface area contributed by atoms with Crippen molar-refractivity contribution in [3.63, 3.8) is 0 Å². The molecule has 2 N–H and O–H groups in total. The second-order valence-electron chi connectivity index (χ2n) is 6.51. The summed E-state index contributed by atoms with van der Waals surface area (Å²) in [5.41, 5.74) is 10.9. The molecule has 0 saturated carbocycles. The van der Waals surface area contributed by atoms with Gasteiger partial charge in [-0.1, -0.05) is 30.3 Å². The maximum Gasteiger partial charge on any atom is 0.102 e. The fourth-order valence-corrected chi connectivity index (χ4v) is 3.30. The number of para-hydroxylation sites is 1. The lowest BCUT2D eigenvalue weighted by atomic mass is 10.0. The highest BCUT2D eigenvalue weighted by molar-refractivity contribution is 5.95. The van der Waals surface area contributed by atoms with Crippen LogP contribution in [0.2, 0.25) is 0 Å². The van der Waals surface area contributed by atoms with Crippen LogP contribution in [0.15, 0.2) is 41.5 Å². The molecule has 126 valence electrons. The molecule has 3 aromatic rings. The summed E-state index contributed by atoms with van der Waals surface area (Å²) in [6.07, 6.45) is 0.960. The number of hydrogen-bond donors (Lipinski definition) is 1. The zero-order valence-electron chi connectivity index (χ0n) is 15.0. The maximum atomic E-state index is 5.79. The van der Waals surface area contributed by atoms with Gasteiger partial charge in [0.1, 0.15) is 5.36 Å². The Bertz CT molecular complexity index is 951. The number of rotatable bonds is 4. The first-order valence-corrected chi connectivity index (χ1v) is 8.48. The minimum absolute atomic E-state index is 0.692. The third kappa shape index (κ3) is 2.78. The van der Waals surface area contributed by atoms with Crippen molar-refractivity contribution in [2.24, 2.45) is 10.8 Å². The van der Waals surface area contributed by atoms with Crippen LogP contribution in [-0.4, -0.2) is 30.2 Å². The van der Waals surface area contributed by atoms with Crippen LogP contribution in [0, 0.1) is 13.8 Å². The number of nitrogens with two attached hydrogens (primary N) is 1. The van der Waals surface area contributed by atoms with E-state index < -0.39 is 0 Å². The molecule has 4 nitrogen and oxygen atoms in total. The van der Waals surface area contributed by atoms with Crippen molar-refractivity contribution < 1.29 is 0 Å². The summed E-state index contributed by atoms with van der Waals surface area (Å²) in [6, 6.07) is 12.9. The summed E-state index contributed by atoms with van der Waals surface area (Å²) in [7, 11) is 3.94. The highest BCUT2D eigenvalue weighted by Gasteiger charge is 2.12. The van der Waals surface area contributed by atoms with E-state index in [9.17, 15) is 0 Å². The average Bonchev–Trinajstić information content (AvgIpc) is 2.57. The summed E-state index contributed by atoms with van der Waals surface area (Å²) in [5.74, 6) is 0. The Morgan fingerprint density at radius 3 is 2.50 bits per heavy atom. The normalized spacial score (nSPS) is 12.3. The molecule has 0 aliphatic heterocycles. The minimum Gasteiger partial charge on any atom is -0.340 e.